The van der Waals surface area contributed by atoms with E-state index in [-0.39, 0.29) is 0 Å². The molecule has 2 fully saturated rings. The number of hydrogen-bond donors (Lipinski definition) is 2. The van der Waals surface area contributed by atoms with Crippen LogP contribution < -0.4 is 16.4 Å². The minimum Gasteiger partial charge on any atom is -0.408 e. The number of rotatable bonds is 5. The quantitative estimate of drug-likeness (QED) is 0.820. The summed E-state index contributed by atoms with van der Waals surface area (Å²) in [6.45, 7) is 2.16. The Morgan fingerprint density at radius 3 is 2.45 bits per heavy atom. The summed E-state index contributed by atoms with van der Waals surface area (Å²) < 4.78 is 5.06. The number of fused-ring (bicyclic) bond motifs is 1. The number of H-pyrrole nitrogens is 1. The molecule has 2 aliphatic rings. The highest BCUT2D eigenvalue weighted by atomic mass is 16.4. The molecule has 5 heteroatoms. The van der Waals surface area contributed by atoms with Crippen molar-refractivity contribution in [1.29, 1.82) is 0 Å². The maximum atomic E-state index is 11.3. The Hall–Kier alpha value is -1.91. The van der Waals surface area contributed by atoms with E-state index in [9.17, 15) is 4.79 Å². The van der Waals surface area contributed by atoms with Gasteiger partial charge in [0.15, 0.2) is 5.58 Å². The van der Waals surface area contributed by atoms with Crippen LogP contribution in [-0.2, 0) is 0 Å². The molecule has 0 aliphatic heterocycles. The average Bonchev–Trinajstić information content (AvgIpc) is 3.29. The number of benzene rings is 1. The van der Waals surface area contributed by atoms with Crippen LogP contribution in [0.15, 0.2) is 21.3 Å². The predicted molar refractivity (Wildman–Crippen MR) is 78.9 cm³/mol. The van der Waals surface area contributed by atoms with E-state index in [1.165, 1.54) is 25.7 Å². The minimum absolute atomic E-state index is 0.424. The maximum Gasteiger partial charge on any atom is 0.417 e. The van der Waals surface area contributed by atoms with Crippen molar-refractivity contribution in [2.75, 3.05) is 23.7 Å². The van der Waals surface area contributed by atoms with Crippen LogP contribution >= 0.6 is 0 Å². The van der Waals surface area contributed by atoms with Gasteiger partial charge in [-0.1, -0.05) is 0 Å². The van der Waals surface area contributed by atoms with Gasteiger partial charge in [0.2, 0.25) is 0 Å². The van der Waals surface area contributed by atoms with E-state index < -0.39 is 5.76 Å². The summed E-state index contributed by atoms with van der Waals surface area (Å²) in [4.78, 5) is 16.4. The number of anilines is 2. The second-order valence-electron chi connectivity index (χ2n) is 6.21. The standard InChI is InChI=1S/C15H19N3O2/c16-11-5-14-12(17-15(19)20-14)6-13(11)18(7-9-1-2-9)8-10-3-4-10/h5-6,9-10H,1-4,7-8,16H2,(H,17,19). The first-order valence-electron chi connectivity index (χ1n) is 7.36. The highest BCUT2D eigenvalue weighted by molar-refractivity contribution is 5.85. The molecule has 1 heterocycles. The summed E-state index contributed by atoms with van der Waals surface area (Å²) >= 11 is 0. The molecular formula is C15H19N3O2. The SMILES string of the molecule is Nc1cc2oc(=O)[nH]c2cc1N(CC1CC1)CC1CC1. The Kier molecular flexibility index (Phi) is 2.55. The first-order valence-corrected chi connectivity index (χ1v) is 7.36. The van der Waals surface area contributed by atoms with Crippen molar-refractivity contribution >= 4 is 22.5 Å². The summed E-state index contributed by atoms with van der Waals surface area (Å²) in [6, 6.07) is 3.72. The van der Waals surface area contributed by atoms with Crippen LogP contribution in [0.4, 0.5) is 11.4 Å². The fourth-order valence-electron chi connectivity index (χ4n) is 2.77. The number of nitrogens with one attached hydrogen (secondary N) is 1. The zero-order valence-corrected chi connectivity index (χ0v) is 11.4. The van der Waals surface area contributed by atoms with Crippen LogP contribution in [0.5, 0.6) is 0 Å². The molecule has 0 amide bonds. The third kappa shape index (κ3) is 2.28. The smallest absolute Gasteiger partial charge is 0.408 e. The van der Waals surface area contributed by atoms with Crippen molar-refractivity contribution in [3.05, 3.63) is 22.7 Å². The van der Waals surface area contributed by atoms with E-state index in [1.54, 1.807) is 6.07 Å². The lowest BCUT2D eigenvalue weighted by Crippen LogP contribution is -2.28. The van der Waals surface area contributed by atoms with Crippen LogP contribution in [0.3, 0.4) is 0 Å². The molecule has 0 radical (unpaired) electrons. The number of nitrogens with two attached hydrogens (primary N) is 1. The minimum atomic E-state index is -0.424. The molecule has 0 bridgehead atoms. The fourth-order valence-corrected chi connectivity index (χ4v) is 2.77. The lowest BCUT2D eigenvalue weighted by Gasteiger charge is -2.26. The second-order valence-corrected chi connectivity index (χ2v) is 6.21. The van der Waals surface area contributed by atoms with Gasteiger partial charge in [0.05, 0.1) is 16.9 Å². The van der Waals surface area contributed by atoms with Crippen molar-refractivity contribution in [2.45, 2.75) is 25.7 Å². The number of aromatic nitrogens is 1. The maximum absolute atomic E-state index is 11.3. The summed E-state index contributed by atoms with van der Waals surface area (Å²) in [6.07, 6.45) is 5.30. The van der Waals surface area contributed by atoms with E-state index in [2.05, 4.69) is 9.88 Å². The molecule has 0 atom stereocenters. The number of nitrogen functional groups attached to an aromatic ring is 1. The molecule has 3 N–H and O–H groups in total. The van der Waals surface area contributed by atoms with Crippen molar-refractivity contribution < 1.29 is 4.42 Å². The predicted octanol–water partition coefficient (Wildman–Crippen LogP) is 2.33. The van der Waals surface area contributed by atoms with Crippen molar-refractivity contribution in [3.63, 3.8) is 0 Å². The van der Waals surface area contributed by atoms with Crippen molar-refractivity contribution in [2.24, 2.45) is 11.8 Å². The monoisotopic (exact) mass is 273 g/mol. The molecular weight excluding hydrogens is 254 g/mol. The number of hydrogen-bond acceptors (Lipinski definition) is 4. The molecule has 0 unspecified atom stereocenters. The zero-order chi connectivity index (χ0) is 13.7. The highest BCUT2D eigenvalue weighted by Gasteiger charge is 2.30. The lowest BCUT2D eigenvalue weighted by atomic mass is 10.2. The Balaban J connectivity index is 1.71. The Bertz CT molecular complexity index is 681. The molecule has 5 nitrogen and oxygen atoms in total. The molecule has 4 rings (SSSR count). The number of nitrogens with zero attached hydrogens (tertiary/aromatic N) is 1. The Labute approximate surface area is 116 Å². The van der Waals surface area contributed by atoms with Gasteiger partial charge in [-0.15, -0.1) is 0 Å². The van der Waals surface area contributed by atoms with Gasteiger partial charge in [-0.2, -0.15) is 0 Å². The Morgan fingerprint density at radius 1 is 1.20 bits per heavy atom. The average molecular weight is 273 g/mol. The van der Waals surface area contributed by atoms with Crippen LogP contribution in [0.1, 0.15) is 25.7 Å². The van der Waals surface area contributed by atoms with E-state index in [4.69, 9.17) is 10.2 Å². The summed E-state index contributed by atoms with van der Waals surface area (Å²) in [5, 5.41) is 0. The normalized spacial score (nSPS) is 18.6. The second kappa shape index (κ2) is 4.30. The molecule has 2 saturated carbocycles. The number of aromatic amines is 1. The Morgan fingerprint density at radius 2 is 1.85 bits per heavy atom. The van der Waals surface area contributed by atoms with E-state index in [0.717, 1.165) is 36.1 Å². The zero-order valence-electron chi connectivity index (χ0n) is 11.4. The van der Waals surface area contributed by atoms with Gasteiger partial charge in [0, 0.05) is 19.2 Å². The molecule has 0 saturated heterocycles. The number of oxazole rings is 1. The largest absolute Gasteiger partial charge is 0.417 e. The van der Waals surface area contributed by atoms with Crippen LogP contribution in [-0.4, -0.2) is 18.1 Å². The molecule has 1 aromatic heterocycles. The van der Waals surface area contributed by atoms with Crippen molar-refractivity contribution in [1.82, 2.24) is 4.98 Å². The van der Waals surface area contributed by atoms with Crippen molar-refractivity contribution in [3.8, 4) is 0 Å². The fraction of sp³-hybridized carbons (Fsp3) is 0.533. The molecule has 106 valence electrons. The van der Waals surface area contributed by atoms with Gasteiger partial charge < -0.3 is 15.1 Å². The lowest BCUT2D eigenvalue weighted by molar-refractivity contribution is 0.555. The summed E-state index contributed by atoms with van der Waals surface area (Å²) in [7, 11) is 0. The van der Waals surface area contributed by atoms with E-state index in [0.29, 0.717) is 11.3 Å². The molecule has 2 aliphatic carbocycles. The van der Waals surface area contributed by atoms with Gasteiger partial charge >= 0.3 is 5.76 Å². The highest BCUT2D eigenvalue weighted by Crippen LogP contribution is 2.38. The molecule has 20 heavy (non-hydrogen) atoms. The summed E-state index contributed by atoms with van der Waals surface area (Å²) in [5.74, 6) is 1.20. The molecule has 2 aromatic rings. The third-order valence-electron chi connectivity index (χ3n) is 4.26. The van der Waals surface area contributed by atoms with Gasteiger partial charge in [0.1, 0.15) is 0 Å². The van der Waals surface area contributed by atoms with Crippen LogP contribution in [0.25, 0.3) is 11.1 Å². The topological polar surface area (TPSA) is 75.3 Å². The van der Waals surface area contributed by atoms with Gasteiger partial charge in [-0.05, 0) is 43.6 Å². The van der Waals surface area contributed by atoms with E-state index in [1.807, 2.05) is 6.07 Å². The first-order chi connectivity index (χ1) is 9.69. The van der Waals surface area contributed by atoms with Gasteiger partial charge in [0.25, 0.3) is 0 Å². The van der Waals surface area contributed by atoms with Crippen LogP contribution in [0, 0.1) is 11.8 Å². The van der Waals surface area contributed by atoms with Gasteiger partial charge in [-0.25, -0.2) is 4.79 Å². The molecule has 0 spiro atoms. The third-order valence-corrected chi connectivity index (χ3v) is 4.26. The summed E-state index contributed by atoms with van der Waals surface area (Å²) in [5.41, 5.74) is 9.17. The van der Waals surface area contributed by atoms with Gasteiger partial charge in [-0.3, -0.25) is 4.98 Å². The van der Waals surface area contributed by atoms with Crippen LogP contribution in [0.2, 0.25) is 0 Å². The van der Waals surface area contributed by atoms with E-state index >= 15 is 0 Å². The first kappa shape index (κ1) is 11.9. The molecule has 1 aromatic carbocycles.